The summed E-state index contributed by atoms with van der Waals surface area (Å²) in [5, 5.41) is 3.52. The Hall–Kier alpha value is -0.520. The van der Waals surface area contributed by atoms with Gasteiger partial charge in [-0.25, -0.2) is 0 Å². The molecule has 0 saturated heterocycles. The molecular weight excluding hydrogens is 196 g/mol. The highest BCUT2D eigenvalue weighted by molar-refractivity contribution is 4.89. The van der Waals surface area contributed by atoms with Crippen LogP contribution < -0.4 is 5.32 Å². The fraction of sp³-hybridized carbons (Fsp3) is 0.857. The van der Waals surface area contributed by atoms with Crippen molar-refractivity contribution in [3.05, 3.63) is 0 Å². The summed E-state index contributed by atoms with van der Waals surface area (Å²) in [4.78, 5) is 2.32. The molecule has 16 heavy (non-hydrogen) atoms. The highest BCUT2D eigenvalue weighted by atomic mass is 15.1. The van der Waals surface area contributed by atoms with Crippen molar-refractivity contribution in [2.75, 3.05) is 32.7 Å². The van der Waals surface area contributed by atoms with Crippen molar-refractivity contribution >= 4 is 0 Å². The predicted molar refractivity (Wildman–Crippen MR) is 72.4 cm³/mol. The highest BCUT2D eigenvalue weighted by Crippen LogP contribution is 2.15. The number of rotatable bonds is 8. The molecule has 1 N–H and O–H groups in total. The highest BCUT2D eigenvalue weighted by Gasteiger charge is 2.20. The maximum absolute atomic E-state index is 5.36. The van der Waals surface area contributed by atoms with Crippen LogP contribution in [-0.4, -0.2) is 37.6 Å². The second kappa shape index (κ2) is 7.70. The van der Waals surface area contributed by atoms with Gasteiger partial charge >= 0.3 is 0 Å². The van der Waals surface area contributed by atoms with Gasteiger partial charge in [0.1, 0.15) is 0 Å². The topological polar surface area (TPSA) is 15.3 Å². The zero-order valence-corrected chi connectivity index (χ0v) is 11.6. The standard InChI is InChI=1S/C14H28N2/c1-7-9-16(8-2)12-14(5,6)11-15-10-13(3)4/h1,13,15H,8-12H2,2-6H3. The van der Waals surface area contributed by atoms with E-state index in [0.717, 1.165) is 32.7 Å². The SMILES string of the molecule is C#CCN(CC)CC(C)(C)CNCC(C)C. The van der Waals surface area contributed by atoms with Gasteiger partial charge in [0, 0.05) is 13.1 Å². The van der Waals surface area contributed by atoms with Crippen LogP contribution in [0.5, 0.6) is 0 Å². The number of nitrogens with one attached hydrogen (secondary N) is 1. The van der Waals surface area contributed by atoms with Crippen LogP contribution in [-0.2, 0) is 0 Å². The van der Waals surface area contributed by atoms with E-state index in [4.69, 9.17) is 6.42 Å². The normalized spacial score (nSPS) is 12.1. The predicted octanol–water partition coefficient (Wildman–Crippen LogP) is 2.21. The van der Waals surface area contributed by atoms with Crippen LogP contribution in [0.15, 0.2) is 0 Å². The molecule has 2 heteroatoms. The summed E-state index contributed by atoms with van der Waals surface area (Å²) >= 11 is 0. The zero-order valence-electron chi connectivity index (χ0n) is 11.6. The first kappa shape index (κ1) is 15.5. The molecular formula is C14H28N2. The van der Waals surface area contributed by atoms with Crippen LogP contribution in [0.2, 0.25) is 0 Å². The average molecular weight is 224 g/mol. The summed E-state index contributed by atoms with van der Waals surface area (Å²) in [6.45, 7) is 16.2. The molecule has 0 rings (SSSR count). The lowest BCUT2D eigenvalue weighted by Gasteiger charge is -2.31. The van der Waals surface area contributed by atoms with Crippen LogP contribution in [0.3, 0.4) is 0 Å². The fourth-order valence-electron chi connectivity index (χ4n) is 1.77. The number of hydrogen-bond acceptors (Lipinski definition) is 2. The van der Waals surface area contributed by atoms with E-state index in [1.807, 2.05) is 0 Å². The first-order valence-corrected chi connectivity index (χ1v) is 6.28. The second-order valence-electron chi connectivity index (χ2n) is 5.70. The second-order valence-corrected chi connectivity index (χ2v) is 5.70. The molecule has 0 spiro atoms. The number of hydrogen-bond donors (Lipinski definition) is 1. The third-order valence-electron chi connectivity index (χ3n) is 2.57. The van der Waals surface area contributed by atoms with Crippen molar-refractivity contribution in [1.29, 1.82) is 0 Å². The van der Waals surface area contributed by atoms with Crippen molar-refractivity contribution in [2.24, 2.45) is 11.3 Å². The van der Waals surface area contributed by atoms with Crippen LogP contribution in [0.1, 0.15) is 34.6 Å². The number of terminal acetylenes is 1. The van der Waals surface area contributed by atoms with E-state index in [-0.39, 0.29) is 5.41 Å². The minimum atomic E-state index is 0.280. The van der Waals surface area contributed by atoms with E-state index in [9.17, 15) is 0 Å². The molecule has 0 aliphatic carbocycles. The molecule has 0 bridgehead atoms. The summed E-state index contributed by atoms with van der Waals surface area (Å²) in [5.74, 6) is 3.43. The summed E-state index contributed by atoms with van der Waals surface area (Å²) in [7, 11) is 0. The third kappa shape index (κ3) is 7.73. The Balaban J connectivity index is 3.97. The molecule has 0 atom stereocenters. The molecule has 94 valence electrons. The quantitative estimate of drug-likeness (QED) is 0.636. The van der Waals surface area contributed by atoms with Gasteiger partial charge in [0.05, 0.1) is 6.54 Å². The van der Waals surface area contributed by atoms with E-state index >= 15 is 0 Å². The van der Waals surface area contributed by atoms with Crippen molar-refractivity contribution in [3.8, 4) is 12.3 Å². The van der Waals surface area contributed by atoms with Crippen LogP contribution in [0, 0.1) is 23.7 Å². The van der Waals surface area contributed by atoms with Crippen LogP contribution in [0.4, 0.5) is 0 Å². The first-order valence-electron chi connectivity index (χ1n) is 6.28. The van der Waals surface area contributed by atoms with Crippen molar-refractivity contribution < 1.29 is 0 Å². The molecule has 0 amide bonds. The Bertz CT molecular complexity index is 213. The lowest BCUT2D eigenvalue weighted by Crippen LogP contribution is -2.41. The Labute approximate surface area is 102 Å². The smallest absolute Gasteiger partial charge is 0.0599 e. The molecule has 0 radical (unpaired) electrons. The summed E-state index contributed by atoms with van der Waals surface area (Å²) in [5.41, 5.74) is 0.280. The van der Waals surface area contributed by atoms with Gasteiger partial charge in [0.25, 0.3) is 0 Å². The van der Waals surface area contributed by atoms with Gasteiger partial charge in [-0.1, -0.05) is 40.5 Å². The van der Waals surface area contributed by atoms with E-state index in [1.165, 1.54) is 0 Å². The van der Waals surface area contributed by atoms with Gasteiger partial charge in [-0.2, -0.15) is 0 Å². The van der Waals surface area contributed by atoms with Gasteiger partial charge < -0.3 is 5.32 Å². The Morgan fingerprint density at radius 3 is 2.44 bits per heavy atom. The average Bonchev–Trinajstić information content (AvgIpc) is 2.15. The third-order valence-corrected chi connectivity index (χ3v) is 2.57. The molecule has 0 aromatic carbocycles. The lowest BCUT2D eigenvalue weighted by atomic mass is 9.92. The fourth-order valence-corrected chi connectivity index (χ4v) is 1.77. The summed E-state index contributed by atoms with van der Waals surface area (Å²) in [6.07, 6.45) is 5.36. The van der Waals surface area contributed by atoms with Gasteiger partial charge in [0.2, 0.25) is 0 Å². The number of nitrogens with zero attached hydrogens (tertiary/aromatic N) is 1. The molecule has 0 fully saturated rings. The van der Waals surface area contributed by atoms with Crippen molar-refractivity contribution in [2.45, 2.75) is 34.6 Å². The van der Waals surface area contributed by atoms with Crippen molar-refractivity contribution in [3.63, 3.8) is 0 Å². The van der Waals surface area contributed by atoms with Gasteiger partial charge in [-0.05, 0) is 24.4 Å². The van der Waals surface area contributed by atoms with E-state index < -0.39 is 0 Å². The van der Waals surface area contributed by atoms with Gasteiger partial charge in [0.15, 0.2) is 0 Å². The van der Waals surface area contributed by atoms with Crippen LogP contribution in [0.25, 0.3) is 0 Å². The minimum absolute atomic E-state index is 0.280. The Morgan fingerprint density at radius 1 is 1.38 bits per heavy atom. The monoisotopic (exact) mass is 224 g/mol. The van der Waals surface area contributed by atoms with E-state index in [1.54, 1.807) is 0 Å². The Kier molecular flexibility index (Phi) is 7.45. The molecule has 0 unspecified atom stereocenters. The molecule has 0 aromatic rings. The molecule has 0 aliphatic rings. The van der Waals surface area contributed by atoms with Crippen LogP contribution >= 0.6 is 0 Å². The lowest BCUT2D eigenvalue weighted by molar-refractivity contribution is 0.196. The summed E-state index contributed by atoms with van der Waals surface area (Å²) < 4.78 is 0. The summed E-state index contributed by atoms with van der Waals surface area (Å²) in [6, 6.07) is 0. The maximum atomic E-state index is 5.36. The van der Waals surface area contributed by atoms with Gasteiger partial charge in [-0.15, -0.1) is 6.42 Å². The maximum Gasteiger partial charge on any atom is 0.0599 e. The van der Waals surface area contributed by atoms with Crippen molar-refractivity contribution in [1.82, 2.24) is 10.2 Å². The molecule has 2 nitrogen and oxygen atoms in total. The Morgan fingerprint density at radius 2 is 2.00 bits per heavy atom. The van der Waals surface area contributed by atoms with Gasteiger partial charge in [-0.3, -0.25) is 4.90 Å². The molecule has 0 aromatic heterocycles. The molecule has 0 aliphatic heterocycles. The van der Waals surface area contributed by atoms with E-state index in [2.05, 4.69) is 50.8 Å². The minimum Gasteiger partial charge on any atom is -0.316 e. The zero-order chi connectivity index (χ0) is 12.6. The first-order chi connectivity index (χ1) is 7.41. The molecule has 0 heterocycles. The van der Waals surface area contributed by atoms with E-state index in [0.29, 0.717) is 5.92 Å². The largest absolute Gasteiger partial charge is 0.316 e. The molecule has 0 saturated carbocycles.